The highest BCUT2D eigenvalue weighted by Crippen LogP contribution is 2.30. The van der Waals surface area contributed by atoms with Crippen LogP contribution in [0.15, 0.2) is 48.8 Å². The summed E-state index contributed by atoms with van der Waals surface area (Å²) < 4.78 is 0. The monoisotopic (exact) mass is 382 g/mol. The number of rotatable bonds is 9. The molecule has 1 atom stereocenters. The Kier molecular flexibility index (Phi) is 7.01. The van der Waals surface area contributed by atoms with Gasteiger partial charge in [0.2, 0.25) is 5.91 Å². The van der Waals surface area contributed by atoms with Crippen molar-refractivity contribution in [1.82, 2.24) is 15.6 Å². The van der Waals surface area contributed by atoms with Crippen molar-refractivity contribution in [3.05, 3.63) is 59.9 Å². The molecule has 3 rings (SSSR count). The van der Waals surface area contributed by atoms with Gasteiger partial charge in [0.25, 0.3) is 0 Å². The zero-order valence-corrected chi connectivity index (χ0v) is 16.2. The van der Waals surface area contributed by atoms with Crippen molar-refractivity contribution in [2.24, 2.45) is 11.7 Å². The number of nitrogens with one attached hydrogen (secondary N) is 2. The average molecular weight is 383 g/mol. The van der Waals surface area contributed by atoms with E-state index < -0.39 is 11.4 Å². The fourth-order valence-corrected chi connectivity index (χ4v) is 4.00. The van der Waals surface area contributed by atoms with E-state index >= 15 is 0 Å². The van der Waals surface area contributed by atoms with Crippen molar-refractivity contribution in [2.75, 3.05) is 19.6 Å². The summed E-state index contributed by atoms with van der Waals surface area (Å²) in [5, 5.41) is 16.8. The number of aromatic nitrogens is 1. The molecule has 0 aliphatic carbocycles. The standard InChI is InChI=1S/C22H30N4O2/c23-21(28)22(19-2-1-3-20(27)16-19,10-4-17-5-11-24-12-6-17)26-15-9-18-7-13-25-14-8-18/h1-3,5-6,11-12,16,18,25-27H,4,7-10,13-15H2,(H2,23,28). The van der Waals surface area contributed by atoms with Gasteiger partial charge >= 0.3 is 0 Å². The minimum Gasteiger partial charge on any atom is -0.508 e. The summed E-state index contributed by atoms with van der Waals surface area (Å²) in [4.78, 5) is 16.7. The minimum atomic E-state index is -1.02. The topological polar surface area (TPSA) is 100 Å². The van der Waals surface area contributed by atoms with Gasteiger partial charge in [0, 0.05) is 12.4 Å². The lowest BCUT2D eigenvalue weighted by Gasteiger charge is -2.34. The second kappa shape index (κ2) is 9.66. The number of carbonyl (C=O) groups excluding carboxylic acids is 1. The van der Waals surface area contributed by atoms with E-state index in [-0.39, 0.29) is 5.75 Å². The number of nitrogens with zero attached hydrogens (tertiary/aromatic N) is 1. The lowest BCUT2D eigenvalue weighted by molar-refractivity contribution is -0.125. The van der Waals surface area contributed by atoms with Crippen LogP contribution in [0.5, 0.6) is 5.75 Å². The molecule has 6 heteroatoms. The highest BCUT2D eigenvalue weighted by atomic mass is 16.3. The molecule has 2 aromatic rings. The van der Waals surface area contributed by atoms with Crippen LogP contribution >= 0.6 is 0 Å². The van der Waals surface area contributed by atoms with E-state index in [9.17, 15) is 9.90 Å². The van der Waals surface area contributed by atoms with Gasteiger partial charge in [-0.15, -0.1) is 0 Å². The van der Waals surface area contributed by atoms with Crippen LogP contribution in [-0.2, 0) is 16.8 Å². The second-order valence-electron chi connectivity index (χ2n) is 7.58. The van der Waals surface area contributed by atoms with Gasteiger partial charge in [0.05, 0.1) is 0 Å². The normalized spacial score (nSPS) is 17.1. The van der Waals surface area contributed by atoms with Crippen molar-refractivity contribution >= 4 is 5.91 Å². The number of aromatic hydroxyl groups is 1. The van der Waals surface area contributed by atoms with E-state index in [4.69, 9.17) is 5.73 Å². The summed E-state index contributed by atoms with van der Waals surface area (Å²) in [6.45, 7) is 2.82. The molecule has 1 aliphatic heterocycles. The molecule has 1 amide bonds. The Balaban J connectivity index is 1.78. The van der Waals surface area contributed by atoms with Crippen LogP contribution in [0.3, 0.4) is 0 Å². The first-order valence-corrected chi connectivity index (χ1v) is 10.0. The number of phenols is 1. The molecule has 28 heavy (non-hydrogen) atoms. The molecule has 1 unspecified atom stereocenters. The zero-order chi connectivity index (χ0) is 19.8. The summed E-state index contributed by atoms with van der Waals surface area (Å²) in [5.41, 5.74) is 6.72. The molecule has 1 saturated heterocycles. The molecular weight excluding hydrogens is 352 g/mol. The van der Waals surface area contributed by atoms with Gasteiger partial charge in [0.15, 0.2) is 0 Å². The van der Waals surface area contributed by atoms with E-state index in [1.165, 1.54) is 0 Å². The summed E-state index contributed by atoms with van der Waals surface area (Å²) in [6, 6.07) is 10.7. The molecular formula is C22H30N4O2. The predicted octanol–water partition coefficient (Wildman–Crippen LogP) is 2.08. The van der Waals surface area contributed by atoms with E-state index in [1.54, 1.807) is 30.6 Å². The van der Waals surface area contributed by atoms with Gasteiger partial charge in [-0.25, -0.2) is 0 Å². The first-order valence-electron chi connectivity index (χ1n) is 10.0. The van der Waals surface area contributed by atoms with Crippen LogP contribution in [-0.4, -0.2) is 35.6 Å². The number of hydrogen-bond acceptors (Lipinski definition) is 5. The van der Waals surface area contributed by atoms with Crippen molar-refractivity contribution in [3.63, 3.8) is 0 Å². The summed E-state index contributed by atoms with van der Waals surface area (Å²) in [7, 11) is 0. The van der Waals surface area contributed by atoms with Gasteiger partial charge in [-0.1, -0.05) is 12.1 Å². The Morgan fingerprint density at radius 3 is 2.68 bits per heavy atom. The molecule has 0 saturated carbocycles. The summed E-state index contributed by atoms with van der Waals surface area (Å²) in [6.07, 6.45) is 8.03. The molecule has 150 valence electrons. The van der Waals surface area contributed by atoms with Crippen LogP contribution in [0.1, 0.15) is 36.8 Å². The Labute approximate surface area is 166 Å². The Morgan fingerprint density at radius 2 is 2.00 bits per heavy atom. The minimum absolute atomic E-state index is 0.132. The number of benzene rings is 1. The highest BCUT2D eigenvalue weighted by molar-refractivity contribution is 5.86. The van der Waals surface area contributed by atoms with Crippen LogP contribution in [0.4, 0.5) is 0 Å². The fourth-order valence-electron chi connectivity index (χ4n) is 4.00. The highest BCUT2D eigenvalue weighted by Gasteiger charge is 2.38. The predicted molar refractivity (Wildman–Crippen MR) is 110 cm³/mol. The molecule has 1 aromatic heterocycles. The molecule has 0 radical (unpaired) electrons. The van der Waals surface area contributed by atoms with E-state index in [1.807, 2.05) is 18.2 Å². The first kappa shape index (κ1) is 20.3. The number of piperidine rings is 1. The molecule has 1 fully saturated rings. The lowest BCUT2D eigenvalue weighted by Crippen LogP contribution is -2.53. The molecule has 0 bridgehead atoms. The van der Waals surface area contributed by atoms with Crippen LogP contribution in [0.25, 0.3) is 0 Å². The van der Waals surface area contributed by atoms with E-state index in [2.05, 4.69) is 15.6 Å². The van der Waals surface area contributed by atoms with Gasteiger partial charge in [0.1, 0.15) is 11.3 Å². The summed E-state index contributed by atoms with van der Waals surface area (Å²) >= 11 is 0. The van der Waals surface area contributed by atoms with E-state index in [0.717, 1.165) is 37.9 Å². The molecule has 1 aromatic carbocycles. The Bertz CT molecular complexity index is 762. The van der Waals surface area contributed by atoms with Crippen molar-refractivity contribution in [3.8, 4) is 5.75 Å². The van der Waals surface area contributed by atoms with E-state index in [0.29, 0.717) is 30.9 Å². The van der Waals surface area contributed by atoms with Crippen molar-refractivity contribution < 1.29 is 9.90 Å². The average Bonchev–Trinajstić information content (AvgIpc) is 2.72. The molecule has 0 spiro atoms. The largest absolute Gasteiger partial charge is 0.508 e. The third-order valence-corrected chi connectivity index (χ3v) is 5.74. The first-order chi connectivity index (χ1) is 13.6. The SMILES string of the molecule is NC(=O)C(CCc1ccncc1)(NCCC1CCNCC1)c1cccc(O)c1. The lowest BCUT2D eigenvalue weighted by atomic mass is 9.82. The maximum absolute atomic E-state index is 12.7. The number of nitrogens with two attached hydrogens (primary N) is 1. The number of amides is 1. The van der Waals surface area contributed by atoms with Crippen LogP contribution in [0, 0.1) is 5.92 Å². The maximum Gasteiger partial charge on any atom is 0.242 e. The van der Waals surface area contributed by atoms with Gasteiger partial charge in [-0.05, 0) is 93.0 Å². The molecule has 6 nitrogen and oxygen atoms in total. The number of pyridine rings is 1. The number of phenolic OH excluding ortho intramolecular Hbond substituents is 1. The Morgan fingerprint density at radius 1 is 1.25 bits per heavy atom. The van der Waals surface area contributed by atoms with Crippen molar-refractivity contribution in [2.45, 2.75) is 37.6 Å². The maximum atomic E-state index is 12.7. The number of carbonyl (C=O) groups is 1. The quantitative estimate of drug-likeness (QED) is 0.532. The summed E-state index contributed by atoms with van der Waals surface area (Å²) in [5.74, 6) is 0.369. The fraction of sp³-hybridized carbons (Fsp3) is 0.455. The van der Waals surface area contributed by atoms with Crippen molar-refractivity contribution in [1.29, 1.82) is 0 Å². The second-order valence-corrected chi connectivity index (χ2v) is 7.58. The Hall–Kier alpha value is -2.44. The van der Waals surface area contributed by atoms with Crippen LogP contribution in [0.2, 0.25) is 0 Å². The molecule has 5 N–H and O–H groups in total. The molecule has 2 heterocycles. The zero-order valence-electron chi connectivity index (χ0n) is 16.2. The third-order valence-electron chi connectivity index (χ3n) is 5.74. The number of hydrogen-bond donors (Lipinski definition) is 4. The third kappa shape index (κ3) is 5.09. The number of primary amides is 1. The molecule has 1 aliphatic rings. The van der Waals surface area contributed by atoms with Gasteiger partial charge < -0.3 is 16.2 Å². The van der Waals surface area contributed by atoms with Crippen LogP contribution < -0.4 is 16.4 Å². The smallest absolute Gasteiger partial charge is 0.242 e. The van der Waals surface area contributed by atoms with Gasteiger partial charge in [-0.2, -0.15) is 0 Å². The van der Waals surface area contributed by atoms with Gasteiger partial charge in [-0.3, -0.25) is 15.1 Å². The number of aryl methyl sites for hydroxylation is 1.